The SMILES string of the molecule is CC(=O)Nc1ccc(-c2ccnc3ccc(-c4cncc(NS(=O)(=O)c5ccc(F)cc5F)c4)cc23)cc1. The van der Waals surface area contributed by atoms with Gasteiger partial charge in [0.1, 0.15) is 16.5 Å². The van der Waals surface area contributed by atoms with Gasteiger partial charge in [-0.3, -0.25) is 19.5 Å². The summed E-state index contributed by atoms with van der Waals surface area (Å²) < 4.78 is 55.0. The van der Waals surface area contributed by atoms with E-state index in [-0.39, 0.29) is 11.6 Å². The summed E-state index contributed by atoms with van der Waals surface area (Å²) in [6.45, 7) is 1.45. The molecule has 5 aromatic rings. The molecule has 0 atom stereocenters. The van der Waals surface area contributed by atoms with Crippen molar-refractivity contribution < 1.29 is 22.0 Å². The van der Waals surface area contributed by atoms with Crippen molar-refractivity contribution in [1.29, 1.82) is 0 Å². The Hall–Kier alpha value is -4.70. The number of carbonyl (C=O) groups is 1. The summed E-state index contributed by atoms with van der Waals surface area (Å²) in [5, 5.41) is 3.60. The highest BCUT2D eigenvalue weighted by Gasteiger charge is 2.20. The highest BCUT2D eigenvalue weighted by Crippen LogP contribution is 2.32. The molecule has 190 valence electrons. The second-order valence-corrected chi connectivity index (χ2v) is 10.1. The molecular weight excluding hydrogens is 510 g/mol. The minimum atomic E-state index is -4.32. The molecule has 0 saturated heterocycles. The van der Waals surface area contributed by atoms with Crippen molar-refractivity contribution in [2.45, 2.75) is 11.8 Å². The fourth-order valence-electron chi connectivity index (χ4n) is 4.07. The Balaban J connectivity index is 1.49. The first-order valence-corrected chi connectivity index (χ1v) is 12.9. The summed E-state index contributed by atoms with van der Waals surface area (Å²) in [4.78, 5) is 19.2. The number of sulfonamides is 1. The molecule has 0 bridgehead atoms. The zero-order valence-corrected chi connectivity index (χ0v) is 20.8. The number of anilines is 2. The van der Waals surface area contributed by atoms with Gasteiger partial charge in [-0.15, -0.1) is 0 Å². The molecule has 0 fully saturated rings. The second kappa shape index (κ2) is 9.98. The highest BCUT2D eigenvalue weighted by atomic mass is 32.2. The van der Waals surface area contributed by atoms with Gasteiger partial charge in [-0.2, -0.15) is 0 Å². The zero-order chi connectivity index (χ0) is 26.9. The van der Waals surface area contributed by atoms with Crippen LogP contribution in [-0.4, -0.2) is 24.3 Å². The normalized spacial score (nSPS) is 11.3. The van der Waals surface area contributed by atoms with Gasteiger partial charge < -0.3 is 5.32 Å². The number of hydrogen-bond acceptors (Lipinski definition) is 5. The summed E-state index contributed by atoms with van der Waals surface area (Å²) in [7, 11) is -4.32. The van der Waals surface area contributed by atoms with Gasteiger partial charge in [0, 0.05) is 42.0 Å². The third-order valence-corrected chi connectivity index (χ3v) is 7.18. The molecule has 10 heteroatoms. The maximum Gasteiger partial charge on any atom is 0.264 e. The third-order valence-electron chi connectivity index (χ3n) is 5.77. The molecule has 7 nitrogen and oxygen atoms in total. The van der Waals surface area contributed by atoms with Crippen LogP contribution in [0, 0.1) is 11.6 Å². The Bertz CT molecular complexity index is 1790. The quantitative estimate of drug-likeness (QED) is 0.280. The predicted molar refractivity (Wildman–Crippen MR) is 142 cm³/mol. The molecule has 2 heterocycles. The lowest BCUT2D eigenvalue weighted by Gasteiger charge is -2.12. The van der Waals surface area contributed by atoms with E-state index in [2.05, 4.69) is 20.0 Å². The van der Waals surface area contributed by atoms with Gasteiger partial charge in [-0.1, -0.05) is 18.2 Å². The molecule has 3 aromatic carbocycles. The van der Waals surface area contributed by atoms with E-state index in [0.717, 1.165) is 39.7 Å². The number of nitrogens with one attached hydrogen (secondary N) is 2. The Kier molecular flexibility index (Phi) is 6.56. The molecule has 2 aromatic heterocycles. The molecule has 1 amide bonds. The first kappa shape index (κ1) is 25.0. The van der Waals surface area contributed by atoms with Gasteiger partial charge in [0.05, 0.1) is 17.4 Å². The van der Waals surface area contributed by atoms with Crippen molar-refractivity contribution in [3.05, 3.63) is 103 Å². The lowest BCUT2D eigenvalue weighted by atomic mass is 9.97. The summed E-state index contributed by atoms with van der Waals surface area (Å²) in [6.07, 6.45) is 4.59. The van der Waals surface area contributed by atoms with Gasteiger partial charge in [0.25, 0.3) is 10.0 Å². The molecule has 0 spiro atoms. The topological polar surface area (TPSA) is 101 Å². The fourth-order valence-corrected chi connectivity index (χ4v) is 5.17. The smallest absolute Gasteiger partial charge is 0.264 e. The van der Waals surface area contributed by atoms with Crippen molar-refractivity contribution in [3.63, 3.8) is 0 Å². The molecule has 0 radical (unpaired) electrons. The fraction of sp³-hybridized carbons (Fsp3) is 0.0357. The Morgan fingerprint density at radius 3 is 2.32 bits per heavy atom. The van der Waals surface area contributed by atoms with Crippen molar-refractivity contribution >= 4 is 38.2 Å². The van der Waals surface area contributed by atoms with E-state index in [1.165, 1.54) is 13.1 Å². The molecule has 0 aliphatic rings. The van der Waals surface area contributed by atoms with Crippen LogP contribution in [0.3, 0.4) is 0 Å². The molecule has 0 aliphatic carbocycles. The van der Waals surface area contributed by atoms with Gasteiger partial charge in [0.15, 0.2) is 0 Å². The number of rotatable bonds is 6. The van der Waals surface area contributed by atoms with Crippen LogP contribution in [0.25, 0.3) is 33.2 Å². The Labute approximate surface area is 217 Å². The van der Waals surface area contributed by atoms with Crippen LogP contribution in [-0.2, 0) is 14.8 Å². The summed E-state index contributed by atoms with van der Waals surface area (Å²) in [6, 6.07) is 18.8. The van der Waals surface area contributed by atoms with Crippen molar-refractivity contribution in [1.82, 2.24) is 9.97 Å². The number of aromatic nitrogens is 2. The lowest BCUT2D eigenvalue weighted by molar-refractivity contribution is -0.114. The molecule has 5 rings (SSSR count). The van der Waals surface area contributed by atoms with E-state index in [1.807, 2.05) is 48.5 Å². The summed E-state index contributed by atoms with van der Waals surface area (Å²) in [5.74, 6) is -2.22. The minimum Gasteiger partial charge on any atom is -0.326 e. The second-order valence-electron chi connectivity index (χ2n) is 8.49. The third kappa shape index (κ3) is 5.21. The van der Waals surface area contributed by atoms with E-state index in [9.17, 15) is 22.0 Å². The highest BCUT2D eigenvalue weighted by molar-refractivity contribution is 7.92. The monoisotopic (exact) mass is 530 g/mol. The average Bonchev–Trinajstić information content (AvgIpc) is 2.88. The summed E-state index contributed by atoms with van der Waals surface area (Å²) >= 11 is 0. The van der Waals surface area contributed by atoms with Crippen LogP contribution in [0.1, 0.15) is 6.92 Å². The number of fused-ring (bicyclic) bond motifs is 1. The molecule has 0 saturated carbocycles. The average molecular weight is 531 g/mol. The largest absolute Gasteiger partial charge is 0.326 e. The van der Waals surface area contributed by atoms with Gasteiger partial charge >= 0.3 is 0 Å². The van der Waals surface area contributed by atoms with E-state index >= 15 is 0 Å². The van der Waals surface area contributed by atoms with Crippen LogP contribution in [0.4, 0.5) is 20.2 Å². The number of nitrogens with zero attached hydrogens (tertiary/aromatic N) is 2. The maximum absolute atomic E-state index is 14.1. The van der Waals surface area contributed by atoms with Crippen LogP contribution in [0.15, 0.2) is 96.3 Å². The van der Waals surface area contributed by atoms with Gasteiger partial charge in [-0.05, 0) is 65.2 Å². The van der Waals surface area contributed by atoms with Crippen molar-refractivity contribution in [2.24, 2.45) is 0 Å². The standard InChI is InChI=1S/C28H20F2N4O3S/c1-17(35)33-22-6-2-18(3-7-22)24-10-11-32-27-8-4-19(13-25(24)27)20-12-23(16-31-15-20)34-38(36,37)28-9-5-21(29)14-26(28)30/h2-16,34H,1H3,(H,33,35). The van der Waals surface area contributed by atoms with Crippen molar-refractivity contribution in [2.75, 3.05) is 10.0 Å². The summed E-state index contributed by atoms with van der Waals surface area (Å²) in [5.41, 5.74) is 4.77. The Morgan fingerprint density at radius 2 is 1.58 bits per heavy atom. The molecule has 0 unspecified atom stereocenters. The van der Waals surface area contributed by atoms with Crippen LogP contribution in [0.5, 0.6) is 0 Å². The van der Waals surface area contributed by atoms with E-state index in [1.54, 1.807) is 18.5 Å². The number of carbonyl (C=O) groups excluding carboxylic acids is 1. The van der Waals surface area contributed by atoms with Crippen LogP contribution < -0.4 is 10.0 Å². The van der Waals surface area contributed by atoms with Crippen molar-refractivity contribution in [3.8, 4) is 22.3 Å². The Morgan fingerprint density at radius 1 is 0.816 bits per heavy atom. The number of benzene rings is 3. The zero-order valence-electron chi connectivity index (χ0n) is 19.9. The van der Waals surface area contributed by atoms with E-state index < -0.39 is 26.6 Å². The first-order chi connectivity index (χ1) is 18.2. The molecular formula is C28H20F2N4O3S. The van der Waals surface area contributed by atoms with Gasteiger partial charge in [0.2, 0.25) is 5.91 Å². The lowest BCUT2D eigenvalue weighted by Crippen LogP contribution is -2.15. The van der Waals surface area contributed by atoms with E-state index in [4.69, 9.17) is 0 Å². The van der Waals surface area contributed by atoms with Crippen LogP contribution >= 0.6 is 0 Å². The number of pyridine rings is 2. The molecule has 38 heavy (non-hydrogen) atoms. The predicted octanol–water partition coefficient (Wildman–Crippen LogP) is 6.00. The first-order valence-electron chi connectivity index (χ1n) is 11.4. The maximum atomic E-state index is 14.1. The number of amides is 1. The number of halogens is 2. The number of hydrogen-bond donors (Lipinski definition) is 2. The van der Waals surface area contributed by atoms with E-state index in [0.29, 0.717) is 17.3 Å². The molecule has 0 aliphatic heterocycles. The molecule has 2 N–H and O–H groups in total. The van der Waals surface area contributed by atoms with Crippen LogP contribution in [0.2, 0.25) is 0 Å². The van der Waals surface area contributed by atoms with Gasteiger partial charge in [-0.25, -0.2) is 17.2 Å². The minimum absolute atomic E-state index is 0.117.